The molecule has 2 rings (SSSR count). The number of hydrogen-bond donors (Lipinski definition) is 2. The zero-order chi connectivity index (χ0) is 13.7. The average molecular weight is 284 g/mol. The second-order valence-electron chi connectivity index (χ2n) is 4.71. The van der Waals surface area contributed by atoms with E-state index in [9.17, 15) is 8.42 Å². The number of fused-ring (bicyclic) bond motifs is 1. The summed E-state index contributed by atoms with van der Waals surface area (Å²) in [6.45, 7) is 0.843. The van der Waals surface area contributed by atoms with Crippen LogP contribution in [-0.2, 0) is 16.4 Å². The smallest absolute Gasteiger partial charge is 0.211 e. The molecule has 0 spiro atoms. The number of nitrogens with two attached hydrogens (primary N) is 1. The summed E-state index contributed by atoms with van der Waals surface area (Å²) in [5, 5.41) is 0. The Morgan fingerprint density at radius 2 is 2.11 bits per heavy atom. The van der Waals surface area contributed by atoms with Crippen molar-refractivity contribution < 1.29 is 13.2 Å². The highest BCUT2D eigenvalue weighted by Crippen LogP contribution is 2.27. The van der Waals surface area contributed by atoms with E-state index in [1.807, 2.05) is 24.3 Å². The van der Waals surface area contributed by atoms with Gasteiger partial charge in [-0.3, -0.25) is 0 Å². The molecule has 1 aliphatic rings. The highest BCUT2D eigenvalue weighted by atomic mass is 32.2. The molecule has 1 atom stereocenters. The Morgan fingerprint density at radius 1 is 1.32 bits per heavy atom. The van der Waals surface area contributed by atoms with Crippen LogP contribution in [0.2, 0.25) is 0 Å². The highest BCUT2D eigenvalue weighted by Gasteiger charge is 2.23. The van der Waals surface area contributed by atoms with Crippen LogP contribution in [0.3, 0.4) is 0 Å². The maximum absolute atomic E-state index is 11.7. The molecule has 5 nitrogen and oxygen atoms in total. The molecular weight excluding hydrogens is 264 g/mol. The van der Waals surface area contributed by atoms with Crippen LogP contribution >= 0.6 is 0 Å². The van der Waals surface area contributed by atoms with Gasteiger partial charge in [0.1, 0.15) is 11.9 Å². The van der Waals surface area contributed by atoms with Crippen LogP contribution in [0.1, 0.15) is 18.4 Å². The number of unbranched alkanes of at least 4 members (excludes halogenated alkanes) is 1. The van der Waals surface area contributed by atoms with E-state index in [0.717, 1.165) is 24.2 Å². The highest BCUT2D eigenvalue weighted by molar-refractivity contribution is 7.89. The van der Waals surface area contributed by atoms with Gasteiger partial charge in [-0.25, -0.2) is 13.1 Å². The first-order chi connectivity index (χ1) is 9.11. The van der Waals surface area contributed by atoms with Crippen molar-refractivity contribution in [2.24, 2.45) is 5.73 Å². The van der Waals surface area contributed by atoms with Gasteiger partial charge in [0.15, 0.2) is 0 Å². The van der Waals surface area contributed by atoms with Gasteiger partial charge in [-0.15, -0.1) is 0 Å². The van der Waals surface area contributed by atoms with Gasteiger partial charge in [0.2, 0.25) is 10.0 Å². The number of benzene rings is 1. The summed E-state index contributed by atoms with van der Waals surface area (Å²) >= 11 is 0. The second kappa shape index (κ2) is 6.36. The summed E-state index contributed by atoms with van der Waals surface area (Å²) in [6, 6.07) is 7.79. The zero-order valence-corrected chi connectivity index (χ0v) is 11.7. The number of nitrogens with one attached hydrogen (secondary N) is 1. The third-order valence-corrected chi connectivity index (χ3v) is 4.54. The summed E-state index contributed by atoms with van der Waals surface area (Å²) in [6.07, 6.45) is 1.97. The minimum absolute atomic E-state index is 0.110. The number of para-hydroxylation sites is 1. The van der Waals surface area contributed by atoms with Crippen molar-refractivity contribution in [1.29, 1.82) is 0 Å². The molecule has 1 aliphatic heterocycles. The number of sulfonamides is 1. The van der Waals surface area contributed by atoms with Crippen molar-refractivity contribution in [3.63, 3.8) is 0 Å². The first-order valence-corrected chi connectivity index (χ1v) is 8.18. The monoisotopic (exact) mass is 284 g/mol. The lowest BCUT2D eigenvalue weighted by Gasteiger charge is -2.12. The van der Waals surface area contributed by atoms with Crippen molar-refractivity contribution in [3.8, 4) is 5.75 Å². The van der Waals surface area contributed by atoms with E-state index in [1.54, 1.807) is 0 Å². The van der Waals surface area contributed by atoms with E-state index in [4.69, 9.17) is 10.5 Å². The Morgan fingerprint density at radius 3 is 2.84 bits per heavy atom. The van der Waals surface area contributed by atoms with Gasteiger partial charge in [-0.2, -0.15) is 0 Å². The van der Waals surface area contributed by atoms with Crippen LogP contribution in [0, 0.1) is 0 Å². The summed E-state index contributed by atoms with van der Waals surface area (Å²) in [5.74, 6) is 0.985. The molecule has 0 fully saturated rings. The van der Waals surface area contributed by atoms with E-state index in [1.165, 1.54) is 0 Å². The predicted molar refractivity (Wildman–Crippen MR) is 74.6 cm³/mol. The Balaban J connectivity index is 1.78. The van der Waals surface area contributed by atoms with E-state index in [2.05, 4.69) is 4.72 Å². The third-order valence-electron chi connectivity index (χ3n) is 3.11. The van der Waals surface area contributed by atoms with Gasteiger partial charge < -0.3 is 10.5 Å². The van der Waals surface area contributed by atoms with E-state index in [-0.39, 0.29) is 11.9 Å². The van der Waals surface area contributed by atoms with Crippen LogP contribution < -0.4 is 15.2 Å². The van der Waals surface area contributed by atoms with Crippen molar-refractivity contribution in [1.82, 2.24) is 4.72 Å². The standard InChI is InChI=1S/C13H20N2O3S/c14-7-3-4-8-19(16,17)15-10-12-9-11-5-1-2-6-13(11)18-12/h1-2,5-6,12,15H,3-4,7-10,14H2. The van der Waals surface area contributed by atoms with Crippen molar-refractivity contribution >= 4 is 10.0 Å². The maximum Gasteiger partial charge on any atom is 0.211 e. The first kappa shape index (κ1) is 14.3. The van der Waals surface area contributed by atoms with E-state index >= 15 is 0 Å². The van der Waals surface area contributed by atoms with Crippen molar-refractivity contribution in [2.75, 3.05) is 18.8 Å². The molecule has 0 saturated carbocycles. The fourth-order valence-corrected chi connectivity index (χ4v) is 3.26. The summed E-state index contributed by atoms with van der Waals surface area (Å²) in [5.41, 5.74) is 6.48. The van der Waals surface area contributed by atoms with Crippen molar-refractivity contribution in [3.05, 3.63) is 29.8 Å². The molecule has 3 N–H and O–H groups in total. The molecule has 0 amide bonds. The normalized spacial score (nSPS) is 18.1. The molecule has 1 unspecified atom stereocenters. The molecule has 0 aliphatic carbocycles. The fourth-order valence-electron chi connectivity index (χ4n) is 2.10. The lowest BCUT2D eigenvalue weighted by Crippen LogP contribution is -2.35. The minimum atomic E-state index is -3.21. The Labute approximate surface area is 114 Å². The molecule has 1 aromatic rings. The molecule has 19 heavy (non-hydrogen) atoms. The molecule has 1 aromatic carbocycles. The third kappa shape index (κ3) is 4.19. The van der Waals surface area contributed by atoms with Gasteiger partial charge in [0.25, 0.3) is 0 Å². The van der Waals surface area contributed by atoms with E-state index in [0.29, 0.717) is 19.5 Å². The Bertz CT molecular complexity index is 491. The van der Waals surface area contributed by atoms with Gasteiger partial charge in [0.05, 0.1) is 5.75 Å². The number of hydrogen-bond acceptors (Lipinski definition) is 4. The Hall–Kier alpha value is -1.11. The first-order valence-electron chi connectivity index (χ1n) is 6.53. The molecule has 0 bridgehead atoms. The van der Waals surface area contributed by atoms with E-state index < -0.39 is 10.0 Å². The minimum Gasteiger partial charge on any atom is -0.488 e. The average Bonchev–Trinajstić information content (AvgIpc) is 2.79. The van der Waals surface area contributed by atoms with Gasteiger partial charge in [0, 0.05) is 13.0 Å². The lowest BCUT2D eigenvalue weighted by atomic mass is 10.1. The van der Waals surface area contributed by atoms with Crippen molar-refractivity contribution in [2.45, 2.75) is 25.4 Å². The zero-order valence-electron chi connectivity index (χ0n) is 10.8. The molecule has 0 saturated heterocycles. The fraction of sp³-hybridized carbons (Fsp3) is 0.538. The van der Waals surface area contributed by atoms with Crippen LogP contribution in [-0.4, -0.2) is 33.4 Å². The second-order valence-corrected chi connectivity index (χ2v) is 6.64. The predicted octanol–water partition coefficient (Wildman–Crippen LogP) is 0.648. The topological polar surface area (TPSA) is 81.4 Å². The molecule has 6 heteroatoms. The SMILES string of the molecule is NCCCCS(=O)(=O)NCC1Cc2ccccc2O1. The molecule has 106 valence electrons. The molecule has 1 heterocycles. The molecule has 0 radical (unpaired) electrons. The summed E-state index contributed by atoms with van der Waals surface area (Å²) in [4.78, 5) is 0. The molecule has 0 aromatic heterocycles. The lowest BCUT2D eigenvalue weighted by molar-refractivity contribution is 0.236. The van der Waals surface area contributed by atoms with Crippen LogP contribution in [0.5, 0.6) is 5.75 Å². The van der Waals surface area contributed by atoms with Crippen LogP contribution in [0.25, 0.3) is 0 Å². The molecular formula is C13H20N2O3S. The largest absolute Gasteiger partial charge is 0.488 e. The quantitative estimate of drug-likeness (QED) is 0.720. The summed E-state index contributed by atoms with van der Waals surface area (Å²) in [7, 11) is -3.21. The van der Waals surface area contributed by atoms with Gasteiger partial charge in [-0.05, 0) is 31.0 Å². The van der Waals surface area contributed by atoms with Crippen LogP contribution in [0.4, 0.5) is 0 Å². The van der Waals surface area contributed by atoms with Crippen LogP contribution in [0.15, 0.2) is 24.3 Å². The maximum atomic E-state index is 11.7. The van der Waals surface area contributed by atoms with Gasteiger partial charge >= 0.3 is 0 Å². The van der Waals surface area contributed by atoms with Gasteiger partial charge in [-0.1, -0.05) is 18.2 Å². The Kier molecular flexibility index (Phi) is 4.79. The number of rotatable bonds is 7. The number of ether oxygens (including phenoxy) is 1. The summed E-state index contributed by atoms with van der Waals surface area (Å²) < 4.78 is 31.7.